The van der Waals surface area contributed by atoms with Crippen LogP contribution in [-0.2, 0) is 21.2 Å². The highest BCUT2D eigenvalue weighted by Gasteiger charge is 2.27. The Bertz CT molecular complexity index is 1140. The first kappa shape index (κ1) is 24.6. The highest BCUT2D eigenvalue weighted by molar-refractivity contribution is 9.10. The fourth-order valence-corrected chi connectivity index (χ4v) is 5.15. The van der Waals surface area contributed by atoms with Gasteiger partial charge in [0.1, 0.15) is 0 Å². The maximum Gasteiger partial charge on any atom is 0.243 e. The molecule has 0 bridgehead atoms. The van der Waals surface area contributed by atoms with Gasteiger partial charge >= 0.3 is 0 Å². The summed E-state index contributed by atoms with van der Waals surface area (Å²) in [5.41, 5.74) is 1.94. The topological polar surface area (TPSA) is 66.5 Å². The number of carbonyl (C=O) groups excluding carboxylic acids is 1. The normalized spacial score (nSPS) is 12.5. The van der Waals surface area contributed by atoms with Crippen LogP contribution in [0.3, 0.4) is 0 Å². The number of sulfonamides is 1. The molecule has 3 rings (SSSR count). The summed E-state index contributed by atoms with van der Waals surface area (Å²) in [7, 11) is -3.84. The van der Waals surface area contributed by atoms with Crippen molar-refractivity contribution in [1.29, 1.82) is 0 Å². The lowest BCUT2D eigenvalue weighted by molar-refractivity contribution is -0.121. The van der Waals surface area contributed by atoms with Crippen molar-refractivity contribution in [3.63, 3.8) is 0 Å². The molecule has 0 aliphatic heterocycles. The second-order valence-corrected chi connectivity index (χ2v) is 11.1. The van der Waals surface area contributed by atoms with Crippen LogP contribution >= 0.6 is 31.9 Å². The molecule has 168 valence electrons. The number of carbonyl (C=O) groups is 1. The van der Waals surface area contributed by atoms with Gasteiger partial charge in [0.25, 0.3) is 0 Å². The van der Waals surface area contributed by atoms with Crippen molar-refractivity contribution in [2.24, 2.45) is 0 Å². The fourth-order valence-electron chi connectivity index (χ4n) is 3.22. The first-order valence-corrected chi connectivity index (χ1v) is 13.1. The Balaban J connectivity index is 1.77. The molecule has 32 heavy (non-hydrogen) atoms. The molecule has 0 saturated heterocycles. The average molecular weight is 580 g/mol. The number of halogens is 2. The Hall–Kier alpha value is -2.00. The van der Waals surface area contributed by atoms with Gasteiger partial charge in [0.05, 0.1) is 17.5 Å². The first-order chi connectivity index (χ1) is 15.3. The largest absolute Gasteiger partial charge is 0.348 e. The van der Waals surface area contributed by atoms with E-state index in [1.54, 1.807) is 12.1 Å². The molecule has 0 fully saturated rings. The summed E-state index contributed by atoms with van der Waals surface area (Å²) in [4.78, 5) is 13.0. The molecule has 1 unspecified atom stereocenters. The van der Waals surface area contributed by atoms with Crippen molar-refractivity contribution in [1.82, 2.24) is 9.62 Å². The minimum absolute atomic E-state index is 0.155. The summed E-state index contributed by atoms with van der Waals surface area (Å²) in [5, 5.41) is 2.91. The number of nitrogens with zero attached hydrogens (tertiary/aromatic N) is 1. The molecule has 5 nitrogen and oxygen atoms in total. The zero-order chi connectivity index (χ0) is 23.1. The van der Waals surface area contributed by atoms with E-state index in [1.165, 1.54) is 16.4 Å². The second-order valence-electron chi connectivity index (χ2n) is 7.37. The van der Waals surface area contributed by atoms with E-state index in [0.717, 1.165) is 20.1 Å². The molecule has 0 radical (unpaired) electrons. The molecular formula is C24H24Br2N2O3S. The predicted octanol–water partition coefficient (Wildman–Crippen LogP) is 5.32. The Morgan fingerprint density at radius 2 is 1.47 bits per heavy atom. The van der Waals surface area contributed by atoms with Gasteiger partial charge in [-0.3, -0.25) is 4.79 Å². The Morgan fingerprint density at radius 3 is 2.06 bits per heavy atom. The molecule has 3 aromatic carbocycles. The van der Waals surface area contributed by atoms with E-state index in [9.17, 15) is 13.2 Å². The SMILES string of the molecule is CC(NC(=O)CN(CCc1ccccc1)S(=O)(=O)c1ccc(Br)cc1)c1ccc(Br)cc1. The van der Waals surface area contributed by atoms with Crippen LogP contribution < -0.4 is 5.32 Å². The van der Waals surface area contributed by atoms with Crippen molar-refractivity contribution < 1.29 is 13.2 Å². The smallest absolute Gasteiger partial charge is 0.243 e. The maximum absolute atomic E-state index is 13.3. The highest BCUT2D eigenvalue weighted by atomic mass is 79.9. The Kier molecular flexibility index (Phi) is 8.64. The van der Waals surface area contributed by atoms with E-state index in [0.29, 0.717) is 6.42 Å². The minimum Gasteiger partial charge on any atom is -0.348 e. The average Bonchev–Trinajstić information content (AvgIpc) is 2.78. The van der Waals surface area contributed by atoms with Crippen LogP contribution in [0.15, 0.2) is 92.7 Å². The van der Waals surface area contributed by atoms with Gasteiger partial charge in [-0.25, -0.2) is 8.42 Å². The van der Waals surface area contributed by atoms with Crippen LogP contribution in [0.4, 0.5) is 0 Å². The molecule has 3 aromatic rings. The molecule has 1 N–H and O–H groups in total. The van der Waals surface area contributed by atoms with Crippen LogP contribution in [0.5, 0.6) is 0 Å². The molecule has 0 aliphatic carbocycles. The zero-order valence-corrected chi connectivity index (χ0v) is 21.5. The summed E-state index contributed by atoms with van der Waals surface area (Å²) in [6.07, 6.45) is 0.506. The van der Waals surface area contributed by atoms with Crippen molar-refractivity contribution in [3.05, 3.63) is 98.9 Å². The Morgan fingerprint density at radius 1 is 0.906 bits per heavy atom. The maximum atomic E-state index is 13.3. The van der Waals surface area contributed by atoms with Gasteiger partial charge in [0.2, 0.25) is 15.9 Å². The lowest BCUT2D eigenvalue weighted by atomic mass is 10.1. The number of rotatable bonds is 9. The molecule has 0 aromatic heterocycles. The number of benzene rings is 3. The molecule has 1 amide bonds. The van der Waals surface area contributed by atoms with E-state index in [-0.39, 0.29) is 29.9 Å². The van der Waals surface area contributed by atoms with Gasteiger partial charge in [-0.2, -0.15) is 4.31 Å². The Labute approximate surface area is 206 Å². The van der Waals surface area contributed by atoms with Crippen molar-refractivity contribution >= 4 is 47.8 Å². The van der Waals surface area contributed by atoms with E-state index in [2.05, 4.69) is 37.2 Å². The molecule has 8 heteroatoms. The lowest BCUT2D eigenvalue weighted by Gasteiger charge is -2.23. The van der Waals surface area contributed by atoms with Crippen molar-refractivity contribution in [3.8, 4) is 0 Å². The predicted molar refractivity (Wildman–Crippen MR) is 134 cm³/mol. The zero-order valence-electron chi connectivity index (χ0n) is 17.5. The highest BCUT2D eigenvalue weighted by Crippen LogP contribution is 2.20. The van der Waals surface area contributed by atoms with Gasteiger partial charge < -0.3 is 5.32 Å². The summed E-state index contributed by atoms with van der Waals surface area (Å²) in [5.74, 6) is -0.353. The van der Waals surface area contributed by atoms with Gasteiger partial charge in [0.15, 0.2) is 0 Å². The number of amides is 1. The monoisotopic (exact) mass is 578 g/mol. The molecule has 0 spiro atoms. The number of hydrogen-bond donors (Lipinski definition) is 1. The minimum atomic E-state index is -3.84. The molecule has 0 saturated carbocycles. The third-order valence-corrected chi connectivity index (χ3v) is 7.93. The summed E-state index contributed by atoms with van der Waals surface area (Å²) in [6, 6.07) is 23.5. The van der Waals surface area contributed by atoms with Crippen LogP contribution in [0, 0.1) is 0 Å². The van der Waals surface area contributed by atoms with E-state index >= 15 is 0 Å². The van der Waals surface area contributed by atoms with E-state index in [4.69, 9.17) is 0 Å². The summed E-state index contributed by atoms with van der Waals surface area (Å²) >= 11 is 6.73. The van der Waals surface area contributed by atoms with Crippen molar-refractivity contribution in [2.45, 2.75) is 24.3 Å². The second kappa shape index (κ2) is 11.2. The van der Waals surface area contributed by atoms with Crippen LogP contribution in [0.25, 0.3) is 0 Å². The molecule has 0 heterocycles. The lowest BCUT2D eigenvalue weighted by Crippen LogP contribution is -2.42. The summed E-state index contributed by atoms with van der Waals surface area (Å²) < 4.78 is 29.6. The number of hydrogen-bond acceptors (Lipinski definition) is 3. The molecular weight excluding hydrogens is 556 g/mol. The van der Waals surface area contributed by atoms with Gasteiger partial charge in [-0.05, 0) is 60.9 Å². The third-order valence-electron chi connectivity index (χ3n) is 5.01. The van der Waals surface area contributed by atoms with Gasteiger partial charge in [-0.1, -0.05) is 74.3 Å². The summed E-state index contributed by atoms with van der Waals surface area (Å²) in [6.45, 7) is 1.81. The first-order valence-electron chi connectivity index (χ1n) is 10.1. The van der Waals surface area contributed by atoms with E-state index < -0.39 is 10.0 Å². The third kappa shape index (κ3) is 6.75. The van der Waals surface area contributed by atoms with Crippen LogP contribution in [0.1, 0.15) is 24.1 Å². The number of nitrogens with one attached hydrogen (secondary N) is 1. The van der Waals surface area contributed by atoms with Gasteiger partial charge in [0, 0.05) is 15.5 Å². The van der Waals surface area contributed by atoms with E-state index in [1.807, 2.05) is 61.5 Å². The molecule has 1 atom stereocenters. The van der Waals surface area contributed by atoms with Crippen LogP contribution in [0.2, 0.25) is 0 Å². The fraction of sp³-hybridized carbons (Fsp3) is 0.208. The molecule has 0 aliphatic rings. The standard InChI is InChI=1S/C24H24Br2N2O3S/c1-18(20-7-9-21(25)10-8-20)27-24(29)17-28(16-15-19-5-3-2-4-6-19)32(30,31)23-13-11-22(26)12-14-23/h2-14,18H,15-17H2,1H3,(H,27,29). The van der Waals surface area contributed by atoms with Crippen molar-refractivity contribution in [2.75, 3.05) is 13.1 Å². The quantitative estimate of drug-likeness (QED) is 0.373. The van der Waals surface area contributed by atoms with Gasteiger partial charge in [-0.15, -0.1) is 0 Å². The van der Waals surface area contributed by atoms with Crippen LogP contribution in [-0.4, -0.2) is 31.7 Å².